The Hall–Kier alpha value is -2.14. The molecule has 0 N–H and O–H groups in total. The lowest BCUT2D eigenvalue weighted by Gasteiger charge is -2.22. The molecule has 2 rings (SSSR count). The number of rotatable bonds is 5. The maximum atomic E-state index is 11.8. The second-order valence-electron chi connectivity index (χ2n) is 4.69. The van der Waals surface area contributed by atoms with Crippen molar-refractivity contribution in [2.75, 3.05) is 13.2 Å². The van der Waals surface area contributed by atoms with Crippen LogP contribution in [0, 0.1) is 0 Å². The van der Waals surface area contributed by atoms with Crippen LogP contribution in [0.4, 0.5) is 0 Å². The molecule has 0 spiro atoms. The van der Waals surface area contributed by atoms with Gasteiger partial charge >= 0.3 is 11.9 Å². The van der Waals surface area contributed by atoms with Gasteiger partial charge in [0, 0.05) is 6.42 Å². The molecule has 0 aromatic heterocycles. The Labute approximate surface area is 123 Å². The summed E-state index contributed by atoms with van der Waals surface area (Å²) in [5.74, 6) is -1.17. The highest BCUT2D eigenvalue weighted by Gasteiger charge is 2.19. The third kappa shape index (κ3) is 4.72. The van der Waals surface area contributed by atoms with E-state index in [1.165, 1.54) is 0 Å². The van der Waals surface area contributed by atoms with Gasteiger partial charge in [0.1, 0.15) is 0 Å². The summed E-state index contributed by atoms with van der Waals surface area (Å²) in [6.45, 7) is 3.80. The molecule has 0 amide bonds. The van der Waals surface area contributed by atoms with Crippen molar-refractivity contribution in [3.05, 3.63) is 42.0 Å². The Morgan fingerprint density at radius 1 is 1.38 bits per heavy atom. The molecule has 1 aliphatic rings. The van der Waals surface area contributed by atoms with Gasteiger partial charge in [-0.2, -0.15) is 0 Å². The SMILES string of the molecule is C=Cc1cccc(C(=O)OCC(=O)OC2CCCCO2)c1. The average Bonchev–Trinajstić information content (AvgIpc) is 2.53. The number of carbonyl (C=O) groups excluding carboxylic acids is 2. The van der Waals surface area contributed by atoms with Gasteiger partial charge in [-0.25, -0.2) is 9.59 Å². The molecule has 1 fully saturated rings. The number of hydrogen-bond donors (Lipinski definition) is 0. The predicted octanol–water partition coefficient (Wildman–Crippen LogP) is 2.56. The monoisotopic (exact) mass is 290 g/mol. The van der Waals surface area contributed by atoms with Gasteiger partial charge in [0.15, 0.2) is 6.61 Å². The second-order valence-corrected chi connectivity index (χ2v) is 4.69. The van der Waals surface area contributed by atoms with Crippen LogP contribution < -0.4 is 0 Å². The van der Waals surface area contributed by atoms with E-state index >= 15 is 0 Å². The van der Waals surface area contributed by atoms with E-state index in [2.05, 4.69) is 6.58 Å². The quantitative estimate of drug-likeness (QED) is 0.780. The molecule has 1 aromatic carbocycles. The standard InChI is InChI=1S/C16H18O5/c1-2-12-6-5-7-13(10-12)16(18)20-11-14(17)21-15-8-3-4-9-19-15/h2,5-7,10,15H,1,3-4,8-9,11H2. The minimum atomic E-state index is -0.602. The van der Waals surface area contributed by atoms with Crippen LogP contribution in [0.25, 0.3) is 6.08 Å². The fourth-order valence-corrected chi connectivity index (χ4v) is 1.99. The zero-order valence-electron chi connectivity index (χ0n) is 11.7. The highest BCUT2D eigenvalue weighted by Crippen LogP contribution is 2.14. The fraction of sp³-hybridized carbons (Fsp3) is 0.375. The minimum Gasteiger partial charge on any atom is -0.450 e. The minimum absolute atomic E-state index is 0.370. The van der Waals surface area contributed by atoms with Gasteiger partial charge in [-0.1, -0.05) is 24.8 Å². The van der Waals surface area contributed by atoms with Crippen LogP contribution in [0.1, 0.15) is 35.2 Å². The van der Waals surface area contributed by atoms with E-state index in [0.29, 0.717) is 18.6 Å². The smallest absolute Gasteiger partial charge is 0.346 e. The molecule has 1 aromatic rings. The average molecular weight is 290 g/mol. The molecule has 21 heavy (non-hydrogen) atoms. The van der Waals surface area contributed by atoms with E-state index in [1.54, 1.807) is 24.3 Å². The van der Waals surface area contributed by atoms with E-state index in [4.69, 9.17) is 14.2 Å². The van der Waals surface area contributed by atoms with Gasteiger partial charge in [0.2, 0.25) is 6.29 Å². The Morgan fingerprint density at radius 2 is 2.24 bits per heavy atom. The first-order chi connectivity index (χ1) is 10.2. The second kappa shape index (κ2) is 7.59. The van der Waals surface area contributed by atoms with E-state index in [9.17, 15) is 9.59 Å². The molecular formula is C16H18O5. The van der Waals surface area contributed by atoms with Crippen LogP contribution >= 0.6 is 0 Å². The lowest BCUT2D eigenvalue weighted by Crippen LogP contribution is -2.28. The highest BCUT2D eigenvalue weighted by atomic mass is 16.7. The Kier molecular flexibility index (Phi) is 5.51. The zero-order valence-corrected chi connectivity index (χ0v) is 11.7. The molecule has 1 atom stereocenters. The molecule has 5 heteroatoms. The van der Waals surface area contributed by atoms with E-state index in [0.717, 1.165) is 18.4 Å². The third-order valence-corrected chi connectivity index (χ3v) is 3.08. The van der Waals surface area contributed by atoms with E-state index in [1.807, 2.05) is 6.07 Å². The number of esters is 2. The molecule has 5 nitrogen and oxygen atoms in total. The normalized spacial score (nSPS) is 17.8. The van der Waals surface area contributed by atoms with Crippen LogP contribution in [0.3, 0.4) is 0 Å². The van der Waals surface area contributed by atoms with Crippen molar-refractivity contribution >= 4 is 18.0 Å². The molecule has 0 bridgehead atoms. The fourth-order valence-electron chi connectivity index (χ4n) is 1.99. The number of hydrogen-bond acceptors (Lipinski definition) is 5. The van der Waals surface area contributed by atoms with Crippen molar-refractivity contribution < 1.29 is 23.8 Å². The first-order valence-electron chi connectivity index (χ1n) is 6.90. The largest absolute Gasteiger partial charge is 0.450 e. The van der Waals surface area contributed by atoms with Crippen molar-refractivity contribution in [3.63, 3.8) is 0 Å². The summed E-state index contributed by atoms with van der Waals surface area (Å²) >= 11 is 0. The first-order valence-corrected chi connectivity index (χ1v) is 6.90. The molecule has 1 unspecified atom stereocenters. The topological polar surface area (TPSA) is 61.8 Å². The van der Waals surface area contributed by atoms with Gasteiger partial charge in [0.05, 0.1) is 12.2 Å². The predicted molar refractivity (Wildman–Crippen MR) is 76.5 cm³/mol. The van der Waals surface area contributed by atoms with E-state index < -0.39 is 24.8 Å². The summed E-state index contributed by atoms with van der Waals surface area (Å²) in [5, 5.41) is 0. The molecular weight excluding hydrogens is 272 g/mol. The van der Waals surface area contributed by atoms with Gasteiger partial charge in [-0.15, -0.1) is 0 Å². The molecule has 1 heterocycles. The number of carbonyl (C=O) groups is 2. The van der Waals surface area contributed by atoms with Gasteiger partial charge in [-0.3, -0.25) is 0 Å². The van der Waals surface area contributed by atoms with Gasteiger partial charge in [-0.05, 0) is 30.5 Å². The third-order valence-electron chi connectivity index (χ3n) is 3.08. The van der Waals surface area contributed by atoms with E-state index in [-0.39, 0.29) is 0 Å². The summed E-state index contributed by atoms with van der Waals surface area (Å²) in [6.07, 6.45) is 3.73. The molecule has 0 saturated carbocycles. The van der Waals surface area contributed by atoms with Gasteiger partial charge < -0.3 is 14.2 Å². The van der Waals surface area contributed by atoms with Crippen LogP contribution in [-0.2, 0) is 19.0 Å². The van der Waals surface area contributed by atoms with Gasteiger partial charge in [0.25, 0.3) is 0 Å². The summed E-state index contributed by atoms with van der Waals surface area (Å²) in [4.78, 5) is 23.4. The molecule has 112 valence electrons. The van der Waals surface area contributed by atoms with Crippen molar-refractivity contribution in [2.45, 2.75) is 25.6 Å². The number of benzene rings is 1. The van der Waals surface area contributed by atoms with Crippen LogP contribution in [0.2, 0.25) is 0 Å². The lowest BCUT2D eigenvalue weighted by molar-refractivity contribution is -0.189. The Balaban J connectivity index is 1.79. The first kappa shape index (κ1) is 15.3. The van der Waals surface area contributed by atoms with Crippen molar-refractivity contribution in [2.24, 2.45) is 0 Å². The van der Waals surface area contributed by atoms with Crippen molar-refractivity contribution in [1.82, 2.24) is 0 Å². The Morgan fingerprint density at radius 3 is 2.95 bits per heavy atom. The molecule has 1 aliphatic heterocycles. The van der Waals surface area contributed by atoms with Crippen LogP contribution in [0.15, 0.2) is 30.8 Å². The maximum absolute atomic E-state index is 11.8. The summed E-state index contributed by atoms with van der Waals surface area (Å²) < 4.78 is 15.3. The maximum Gasteiger partial charge on any atom is 0.346 e. The van der Waals surface area contributed by atoms with Crippen LogP contribution in [-0.4, -0.2) is 31.4 Å². The Bertz CT molecular complexity index is 517. The molecule has 0 radical (unpaired) electrons. The molecule has 0 aliphatic carbocycles. The summed E-state index contributed by atoms with van der Waals surface area (Å²) in [5.41, 5.74) is 1.18. The highest BCUT2D eigenvalue weighted by molar-refractivity contribution is 5.91. The zero-order chi connectivity index (χ0) is 15.1. The summed E-state index contributed by atoms with van der Waals surface area (Å²) in [7, 11) is 0. The van der Waals surface area contributed by atoms with Crippen molar-refractivity contribution in [1.29, 1.82) is 0 Å². The lowest BCUT2D eigenvalue weighted by atomic mass is 10.1. The number of ether oxygens (including phenoxy) is 3. The van der Waals surface area contributed by atoms with Crippen LogP contribution in [0.5, 0.6) is 0 Å². The van der Waals surface area contributed by atoms with Crippen molar-refractivity contribution in [3.8, 4) is 0 Å². The summed E-state index contributed by atoms with van der Waals surface area (Å²) in [6, 6.07) is 6.80. The molecule has 1 saturated heterocycles.